The molecule has 32 heavy (non-hydrogen) atoms. The van der Waals surface area contributed by atoms with Crippen LogP contribution >= 0.6 is 0 Å². The fraction of sp³-hybridized carbons (Fsp3) is 0.417. The van der Waals surface area contributed by atoms with E-state index in [0.717, 1.165) is 30.9 Å². The Labute approximate surface area is 187 Å². The van der Waals surface area contributed by atoms with Crippen LogP contribution in [0.5, 0.6) is 5.75 Å². The van der Waals surface area contributed by atoms with E-state index in [0.29, 0.717) is 44.2 Å². The number of benzene rings is 2. The SMILES string of the molecule is O=C(CNc1ccc(OCC2CCCO2)cc1)Nc1ccc(C(=O)N2CCOCC2)cc1. The van der Waals surface area contributed by atoms with Crippen molar-refractivity contribution in [2.45, 2.75) is 18.9 Å². The van der Waals surface area contributed by atoms with Crippen LogP contribution in [0.4, 0.5) is 11.4 Å². The molecule has 2 aromatic rings. The van der Waals surface area contributed by atoms with E-state index in [2.05, 4.69) is 10.6 Å². The lowest BCUT2D eigenvalue weighted by molar-refractivity contribution is -0.114. The molecular weight excluding hydrogens is 410 g/mol. The van der Waals surface area contributed by atoms with E-state index in [1.165, 1.54) is 0 Å². The van der Waals surface area contributed by atoms with E-state index in [9.17, 15) is 9.59 Å². The molecule has 1 unspecified atom stereocenters. The first-order valence-electron chi connectivity index (χ1n) is 11.0. The Hall–Kier alpha value is -3.10. The highest BCUT2D eigenvalue weighted by atomic mass is 16.5. The summed E-state index contributed by atoms with van der Waals surface area (Å²) in [5.41, 5.74) is 2.08. The first-order valence-corrected chi connectivity index (χ1v) is 11.0. The van der Waals surface area contributed by atoms with Crippen molar-refractivity contribution < 1.29 is 23.8 Å². The fourth-order valence-corrected chi connectivity index (χ4v) is 3.67. The van der Waals surface area contributed by atoms with Gasteiger partial charge in [-0.3, -0.25) is 9.59 Å². The van der Waals surface area contributed by atoms with Gasteiger partial charge in [0.25, 0.3) is 5.91 Å². The number of hydrogen-bond donors (Lipinski definition) is 2. The first-order chi connectivity index (χ1) is 15.7. The number of anilines is 2. The van der Waals surface area contributed by atoms with Crippen molar-refractivity contribution in [3.63, 3.8) is 0 Å². The summed E-state index contributed by atoms with van der Waals surface area (Å²) in [5.74, 6) is 0.592. The van der Waals surface area contributed by atoms with E-state index >= 15 is 0 Å². The second-order valence-electron chi connectivity index (χ2n) is 7.85. The third-order valence-corrected chi connectivity index (χ3v) is 5.48. The Bertz CT molecular complexity index is 889. The van der Waals surface area contributed by atoms with Crippen LogP contribution in [0.15, 0.2) is 48.5 Å². The van der Waals surface area contributed by atoms with Crippen LogP contribution in [0, 0.1) is 0 Å². The molecule has 2 aliphatic heterocycles. The van der Waals surface area contributed by atoms with Crippen LogP contribution in [0.1, 0.15) is 23.2 Å². The number of carbonyl (C=O) groups is 2. The molecule has 170 valence electrons. The molecule has 1 atom stereocenters. The molecule has 2 saturated heterocycles. The van der Waals surface area contributed by atoms with Gasteiger partial charge in [-0.05, 0) is 61.4 Å². The Morgan fingerprint density at radius 2 is 1.69 bits per heavy atom. The van der Waals surface area contributed by atoms with E-state index in [1.54, 1.807) is 29.2 Å². The zero-order valence-electron chi connectivity index (χ0n) is 18.0. The van der Waals surface area contributed by atoms with E-state index < -0.39 is 0 Å². The highest BCUT2D eigenvalue weighted by Gasteiger charge is 2.18. The Morgan fingerprint density at radius 1 is 0.969 bits per heavy atom. The fourth-order valence-electron chi connectivity index (χ4n) is 3.67. The number of nitrogens with zero attached hydrogens (tertiary/aromatic N) is 1. The minimum absolute atomic E-state index is 0.0176. The summed E-state index contributed by atoms with van der Waals surface area (Å²) in [6.45, 7) is 3.85. The maximum atomic E-state index is 12.5. The molecule has 2 N–H and O–H groups in total. The third-order valence-electron chi connectivity index (χ3n) is 5.48. The minimum atomic E-state index is -0.170. The molecule has 0 bridgehead atoms. The second kappa shape index (κ2) is 11.0. The van der Waals surface area contributed by atoms with Gasteiger partial charge in [-0.1, -0.05) is 0 Å². The van der Waals surface area contributed by atoms with E-state index in [4.69, 9.17) is 14.2 Å². The zero-order chi connectivity index (χ0) is 22.2. The molecule has 8 nitrogen and oxygen atoms in total. The Kier molecular flexibility index (Phi) is 7.58. The van der Waals surface area contributed by atoms with E-state index in [1.807, 2.05) is 24.3 Å². The molecule has 8 heteroatoms. The molecule has 2 heterocycles. The van der Waals surface area contributed by atoms with Crippen LogP contribution in [0.2, 0.25) is 0 Å². The van der Waals surface area contributed by atoms with Gasteiger partial charge in [0.2, 0.25) is 5.91 Å². The summed E-state index contributed by atoms with van der Waals surface area (Å²) in [6.07, 6.45) is 2.32. The van der Waals surface area contributed by atoms with Crippen LogP contribution in [0.3, 0.4) is 0 Å². The monoisotopic (exact) mass is 439 g/mol. The maximum absolute atomic E-state index is 12.5. The van der Waals surface area contributed by atoms with Gasteiger partial charge in [0.15, 0.2) is 0 Å². The van der Waals surface area contributed by atoms with Gasteiger partial charge in [0.1, 0.15) is 12.4 Å². The highest BCUT2D eigenvalue weighted by Crippen LogP contribution is 2.18. The number of rotatable bonds is 8. The number of ether oxygens (including phenoxy) is 3. The number of nitrogens with one attached hydrogen (secondary N) is 2. The average Bonchev–Trinajstić information content (AvgIpc) is 3.36. The normalized spacial score (nSPS) is 18.2. The molecule has 2 aromatic carbocycles. The lowest BCUT2D eigenvalue weighted by Gasteiger charge is -2.26. The molecule has 4 rings (SSSR count). The van der Waals surface area contributed by atoms with Crippen LogP contribution in [-0.4, -0.2) is 68.9 Å². The smallest absolute Gasteiger partial charge is 0.254 e. The number of hydrogen-bond acceptors (Lipinski definition) is 6. The largest absolute Gasteiger partial charge is 0.491 e. The number of amides is 2. The predicted octanol–water partition coefficient (Wildman–Crippen LogP) is 2.77. The van der Waals surface area contributed by atoms with Crippen LogP contribution < -0.4 is 15.4 Å². The van der Waals surface area contributed by atoms with Crippen molar-refractivity contribution in [2.24, 2.45) is 0 Å². The Morgan fingerprint density at radius 3 is 2.38 bits per heavy atom. The van der Waals surface area contributed by atoms with Crippen molar-refractivity contribution in [3.05, 3.63) is 54.1 Å². The maximum Gasteiger partial charge on any atom is 0.254 e. The summed E-state index contributed by atoms with van der Waals surface area (Å²) in [7, 11) is 0. The molecule has 2 aliphatic rings. The summed E-state index contributed by atoms with van der Waals surface area (Å²) < 4.78 is 16.6. The van der Waals surface area contributed by atoms with Crippen molar-refractivity contribution in [1.82, 2.24) is 4.90 Å². The lowest BCUT2D eigenvalue weighted by atomic mass is 10.1. The van der Waals surface area contributed by atoms with Crippen molar-refractivity contribution in [3.8, 4) is 5.75 Å². The molecular formula is C24H29N3O5. The molecule has 0 aromatic heterocycles. The summed E-state index contributed by atoms with van der Waals surface area (Å²) in [6, 6.07) is 14.5. The van der Waals surface area contributed by atoms with Crippen LogP contribution in [0.25, 0.3) is 0 Å². The third kappa shape index (κ3) is 6.21. The summed E-state index contributed by atoms with van der Waals surface area (Å²) >= 11 is 0. The second-order valence-corrected chi connectivity index (χ2v) is 7.85. The number of morpholine rings is 1. The van der Waals surface area contributed by atoms with Gasteiger partial charge < -0.3 is 29.7 Å². The molecule has 0 saturated carbocycles. The molecule has 2 fully saturated rings. The Balaban J connectivity index is 1.20. The topological polar surface area (TPSA) is 89.1 Å². The van der Waals surface area contributed by atoms with Crippen molar-refractivity contribution in [2.75, 3.05) is 56.7 Å². The molecule has 0 spiro atoms. The standard InChI is InChI=1S/C24H29N3O5/c28-23(16-25-19-7-9-21(10-8-19)32-17-22-2-1-13-31-22)26-20-5-3-18(4-6-20)24(29)27-11-14-30-15-12-27/h3-10,22,25H,1-2,11-17H2,(H,26,28). The van der Waals surface area contributed by atoms with Crippen molar-refractivity contribution in [1.29, 1.82) is 0 Å². The van der Waals surface area contributed by atoms with Gasteiger partial charge in [0.05, 0.1) is 25.9 Å². The lowest BCUT2D eigenvalue weighted by Crippen LogP contribution is -2.40. The summed E-state index contributed by atoms with van der Waals surface area (Å²) in [5, 5.41) is 5.93. The highest BCUT2D eigenvalue weighted by molar-refractivity contribution is 5.96. The predicted molar refractivity (Wildman–Crippen MR) is 121 cm³/mol. The van der Waals surface area contributed by atoms with Crippen LogP contribution in [-0.2, 0) is 14.3 Å². The molecule has 2 amide bonds. The van der Waals surface area contributed by atoms with Crippen molar-refractivity contribution >= 4 is 23.2 Å². The number of carbonyl (C=O) groups excluding carboxylic acids is 2. The quantitative estimate of drug-likeness (QED) is 0.658. The van der Waals surface area contributed by atoms with Gasteiger partial charge in [-0.2, -0.15) is 0 Å². The van der Waals surface area contributed by atoms with E-state index in [-0.39, 0.29) is 24.5 Å². The average molecular weight is 440 g/mol. The van der Waals surface area contributed by atoms with Gasteiger partial charge in [0, 0.05) is 36.6 Å². The molecule has 0 radical (unpaired) electrons. The summed E-state index contributed by atoms with van der Waals surface area (Å²) in [4.78, 5) is 26.5. The van der Waals surface area contributed by atoms with Gasteiger partial charge in [-0.25, -0.2) is 0 Å². The zero-order valence-corrected chi connectivity index (χ0v) is 18.0. The molecule has 0 aliphatic carbocycles. The van der Waals surface area contributed by atoms with Gasteiger partial charge >= 0.3 is 0 Å². The minimum Gasteiger partial charge on any atom is -0.491 e. The first kappa shape index (κ1) is 22.1. The van der Waals surface area contributed by atoms with Gasteiger partial charge in [-0.15, -0.1) is 0 Å².